The molecule has 3 aromatic heterocycles. The van der Waals surface area contributed by atoms with Crippen LogP contribution in [0.4, 0.5) is 0 Å². The van der Waals surface area contributed by atoms with Gasteiger partial charge in [-0.15, -0.1) is 11.3 Å². The van der Waals surface area contributed by atoms with Gasteiger partial charge in [0.1, 0.15) is 22.3 Å². The third-order valence-corrected chi connectivity index (χ3v) is 17.3. The Morgan fingerprint density at radius 3 is 0.973 bits per heavy atom. The highest BCUT2D eigenvalue weighted by Gasteiger charge is 2.22. The SMILES string of the molecule is c1ccc2c(c1)ccc1oc3ccc(-c4c5ccccc5c(-c5ccc6c(c5)sc5ccc(-c7c8ccccc8c(-c8ccc9oc%10ccc%11ccccc%11c%10c9c8)c8ccccc78)cc56)c5ccccc45)cc3c12. The molecular weight excluding hydrogens is 929 g/mol. The van der Waals surface area contributed by atoms with Gasteiger partial charge in [-0.25, -0.2) is 0 Å². The van der Waals surface area contributed by atoms with Gasteiger partial charge in [-0.2, -0.15) is 0 Å². The van der Waals surface area contributed by atoms with Gasteiger partial charge in [0.05, 0.1) is 0 Å². The molecule has 3 heterocycles. The largest absolute Gasteiger partial charge is 0.456 e. The summed E-state index contributed by atoms with van der Waals surface area (Å²) in [6.45, 7) is 0. The Balaban J connectivity index is 0.822. The second-order valence-electron chi connectivity index (χ2n) is 20.2. The molecule has 17 aromatic rings. The predicted octanol–water partition coefficient (Wildman–Crippen LogP) is 21.4. The monoisotopic (exact) mass is 968 g/mol. The molecule has 0 spiro atoms. The van der Waals surface area contributed by atoms with Crippen molar-refractivity contribution >= 4 is 140 Å². The Bertz CT molecular complexity index is 5200. The van der Waals surface area contributed by atoms with Gasteiger partial charge in [0, 0.05) is 41.7 Å². The Labute approximate surface area is 433 Å². The van der Waals surface area contributed by atoms with E-state index in [1.54, 1.807) is 0 Å². The van der Waals surface area contributed by atoms with E-state index in [1.165, 1.54) is 140 Å². The van der Waals surface area contributed by atoms with Crippen molar-refractivity contribution in [2.45, 2.75) is 0 Å². The number of hydrogen-bond donors (Lipinski definition) is 0. The molecule has 14 aromatic carbocycles. The molecule has 0 unspecified atom stereocenters. The van der Waals surface area contributed by atoms with Crippen molar-refractivity contribution in [2.24, 2.45) is 0 Å². The Morgan fingerprint density at radius 1 is 0.213 bits per heavy atom. The topological polar surface area (TPSA) is 26.3 Å². The Kier molecular flexibility index (Phi) is 8.46. The highest BCUT2D eigenvalue weighted by atomic mass is 32.1. The summed E-state index contributed by atoms with van der Waals surface area (Å²) in [7, 11) is 0. The smallest absolute Gasteiger partial charge is 0.136 e. The Morgan fingerprint density at radius 2 is 0.547 bits per heavy atom. The molecule has 0 amide bonds. The third kappa shape index (κ3) is 5.90. The van der Waals surface area contributed by atoms with Crippen LogP contribution in [0.15, 0.2) is 251 Å². The van der Waals surface area contributed by atoms with E-state index < -0.39 is 0 Å². The second-order valence-corrected chi connectivity index (χ2v) is 21.2. The fraction of sp³-hybridized carbons (Fsp3) is 0. The van der Waals surface area contributed by atoms with Crippen molar-refractivity contribution in [3.05, 3.63) is 243 Å². The first-order chi connectivity index (χ1) is 37.2. The maximum absolute atomic E-state index is 6.47. The van der Waals surface area contributed by atoms with E-state index in [9.17, 15) is 0 Å². The van der Waals surface area contributed by atoms with E-state index in [-0.39, 0.29) is 0 Å². The summed E-state index contributed by atoms with van der Waals surface area (Å²) >= 11 is 1.88. The standard InChI is InChI=1S/C72H40O2S/c1-3-15-47-41(13-1)26-34-63-71(47)59-38-43(28-32-61(59)73-63)67-50-17-5-7-19-52(50)69(53-20-8-6-18-51(53)67)45-30-36-65-58(37-45)49-31-25-46(40-66(49)75-65)70-56-23-11-9-21-54(56)68(55-22-10-12-24-57(55)70)44-29-33-62-60(39-44)72-48-16-4-2-14-42(48)27-35-64(72)74-62/h1-40H. The van der Waals surface area contributed by atoms with E-state index >= 15 is 0 Å². The molecule has 0 radical (unpaired) electrons. The van der Waals surface area contributed by atoms with Crippen molar-refractivity contribution in [3.63, 3.8) is 0 Å². The van der Waals surface area contributed by atoms with Gasteiger partial charge in [-0.3, -0.25) is 0 Å². The fourth-order valence-electron chi connectivity index (χ4n) is 13.0. The second kappa shape index (κ2) is 15.5. The summed E-state index contributed by atoms with van der Waals surface area (Å²) in [5.41, 5.74) is 13.4. The molecule has 0 aliphatic carbocycles. The first kappa shape index (κ1) is 41.0. The molecule has 0 saturated carbocycles. The highest BCUT2D eigenvalue weighted by Crippen LogP contribution is 2.50. The average Bonchev–Trinajstić information content (AvgIpc) is 4.17. The minimum absolute atomic E-state index is 0.904. The molecule has 346 valence electrons. The van der Waals surface area contributed by atoms with Gasteiger partial charge < -0.3 is 8.83 Å². The third-order valence-electron chi connectivity index (χ3n) is 16.2. The summed E-state index contributed by atoms with van der Waals surface area (Å²) in [5, 5.41) is 21.9. The molecule has 0 bridgehead atoms. The van der Waals surface area contributed by atoms with Crippen LogP contribution in [-0.4, -0.2) is 0 Å². The van der Waals surface area contributed by atoms with Crippen molar-refractivity contribution < 1.29 is 8.83 Å². The predicted molar refractivity (Wildman–Crippen MR) is 321 cm³/mol. The fourth-order valence-corrected chi connectivity index (χ4v) is 14.1. The number of thiophene rings is 1. The zero-order valence-electron chi connectivity index (χ0n) is 40.3. The molecule has 0 N–H and O–H groups in total. The summed E-state index contributed by atoms with van der Waals surface area (Å²) in [6.07, 6.45) is 0. The molecular formula is C72H40O2S. The molecule has 0 aliphatic rings. The lowest BCUT2D eigenvalue weighted by molar-refractivity contribution is 0.669. The lowest BCUT2D eigenvalue weighted by Gasteiger charge is -2.18. The summed E-state index contributed by atoms with van der Waals surface area (Å²) in [5.74, 6) is 0. The summed E-state index contributed by atoms with van der Waals surface area (Å²) < 4.78 is 15.5. The maximum Gasteiger partial charge on any atom is 0.136 e. The minimum atomic E-state index is 0.904. The van der Waals surface area contributed by atoms with Crippen LogP contribution in [0.25, 0.3) is 173 Å². The maximum atomic E-state index is 6.47. The lowest BCUT2D eigenvalue weighted by Crippen LogP contribution is -1.91. The van der Waals surface area contributed by atoms with Crippen LogP contribution in [0.3, 0.4) is 0 Å². The van der Waals surface area contributed by atoms with E-state index in [0.717, 1.165) is 33.1 Å². The van der Waals surface area contributed by atoms with Gasteiger partial charge in [-0.1, -0.05) is 188 Å². The van der Waals surface area contributed by atoms with Crippen molar-refractivity contribution in [1.29, 1.82) is 0 Å². The first-order valence-electron chi connectivity index (χ1n) is 25.7. The average molecular weight is 969 g/mol. The summed E-state index contributed by atoms with van der Waals surface area (Å²) in [4.78, 5) is 0. The van der Waals surface area contributed by atoms with E-state index in [2.05, 4.69) is 243 Å². The molecule has 2 nitrogen and oxygen atoms in total. The molecule has 0 fully saturated rings. The van der Waals surface area contributed by atoms with E-state index in [1.807, 2.05) is 11.3 Å². The molecule has 75 heavy (non-hydrogen) atoms. The molecule has 17 rings (SSSR count). The van der Waals surface area contributed by atoms with Crippen LogP contribution in [0, 0.1) is 0 Å². The van der Waals surface area contributed by atoms with Crippen LogP contribution < -0.4 is 0 Å². The summed E-state index contributed by atoms with van der Waals surface area (Å²) in [6, 6.07) is 89.4. The first-order valence-corrected chi connectivity index (χ1v) is 26.5. The molecule has 3 heteroatoms. The number of fused-ring (bicyclic) bond motifs is 17. The molecule has 0 atom stereocenters. The van der Waals surface area contributed by atoms with Gasteiger partial charge >= 0.3 is 0 Å². The van der Waals surface area contributed by atoms with Gasteiger partial charge in [-0.05, 0) is 164 Å². The highest BCUT2D eigenvalue weighted by molar-refractivity contribution is 7.25. The van der Waals surface area contributed by atoms with Gasteiger partial charge in [0.25, 0.3) is 0 Å². The zero-order valence-corrected chi connectivity index (χ0v) is 41.1. The zero-order chi connectivity index (χ0) is 48.9. The number of benzene rings is 14. The quantitative estimate of drug-likeness (QED) is 0.164. The van der Waals surface area contributed by atoms with E-state index in [4.69, 9.17) is 8.83 Å². The van der Waals surface area contributed by atoms with Crippen molar-refractivity contribution in [3.8, 4) is 44.5 Å². The van der Waals surface area contributed by atoms with Crippen LogP contribution in [0.5, 0.6) is 0 Å². The minimum Gasteiger partial charge on any atom is -0.456 e. The van der Waals surface area contributed by atoms with Crippen molar-refractivity contribution in [1.82, 2.24) is 0 Å². The van der Waals surface area contributed by atoms with Crippen LogP contribution in [0.2, 0.25) is 0 Å². The van der Waals surface area contributed by atoms with E-state index in [0.29, 0.717) is 0 Å². The molecule has 0 saturated heterocycles. The lowest BCUT2D eigenvalue weighted by atomic mass is 9.85. The number of hydrogen-bond acceptors (Lipinski definition) is 3. The van der Waals surface area contributed by atoms with Gasteiger partial charge in [0.2, 0.25) is 0 Å². The normalized spacial score (nSPS) is 12.3. The van der Waals surface area contributed by atoms with Crippen LogP contribution in [0.1, 0.15) is 0 Å². The van der Waals surface area contributed by atoms with Gasteiger partial charge in [0.15, 0.2) is 0 Å². The molecule has 0 aliphatic heterocycles. The van der Waals surface area contributed by atoms with Crippen LogP contribution in [-0.2, 0) is 0 Å². The van der Waals surface area contributed by atoms with Crippen molar-refractivity contribution in [2.75, 3.05) is 0 Å². The Hall–Kier alpha value is -9.54. The number of furan rings is 2. The number of rotatable bonds is 4. The van der Waals surface area contributed by atoms with Crippen LogP contribution >= 0.6 is 11.3 Å².